The SMILES string of the molecule is COC(=O)C(=N)/C(N)=C(\NCCOCC(F)(F)F)C(N)=O. The van der Waals surface area contributed by atoms with Crippen LogP contribution in [0.3, 0.4) is 0 Å². The molecule has 0 rings (SSSR count). The molecule has 0 aromatic heterocycles. The minimum Gasteiger partial charge on any atom is -0.464 e. The normalized spacial score (nSPS) is 12.4. The van der Waals surface area contributed by atoms with Gasteiger partial charge in [-0.2, -0.15) is 13.2 Å². The Morgan fingerprint density at radius 1 is 1.29 bits per heavy atom. The number of alkyl halides is 3. The molecular formula is C10H15F3N4O4. The minimum absolute atomic E-state index is 0.233. The molecule has 0 heterocycles. The van der Waals surface area contributed by atoms with Gasteiger partial charge >= 0.3 is 12.1 Å². The van der Waals surface area contributed by atoms with Gasteiger partial charge in [-0.3, -0.25) is 10.2 Å². The monoisotopic (exact) mass is 312 g/mol. The smallest absolute Gasteiger partial charge is 0.411 e. The summed E-state index contributed by atoms with van der Waals surface area (Å²) in [6.07, 6.45) is -4.46. The van der Waals surface area contributed by atoms with E-state index >= 15 is 0 Å². The Balaban J connectivity index is 4.61. The number of halogens is 3. The predicted molar refractivity (Wildman–Crippen MR) is 65.0 cm³/mol. The Bertz CT molecular complexity index is 448. The number of methoxy groups -OCH3 is 1. The molecule has 6 N–H and O–H groups in total. The first kappa shape index (κ1) is 18.7. The number of ether oxygens (including phenoxy) is 2. The van der Waals surface area contributed by atoms with E-state index in [1.54, 1.807) is 0 Å². The third-order valence-electron chi connectivity index (χ3n) is 1.99. The first-order chi connectivity index (χ1) is 9.60. The standard InChI is InChI=1S/C10H15F3N4O4/c1-20-9(19)6(15)5(14)7(8(16)18)17-2-3-21-4-10(11,12)13/h15,17H,2-4,14H2,1H3,(H2,16,18)/b7-5+,15-6?. The third-order valence-corrected chi connectivity index (χ3v) is 1.99. The van der Waals surface area contributed by atoms with Crippen molar-refractivity contribution >= 4 is 17.6 Å². The fourth-order valence-corrected chi connectivity index (χ4v) is 1.09. The van der Waals surface area contributed by atoms with E-state index in [1.165, 1.54) is 0 Å². The number of esters is 1. The summed E-state index contributed by atoms with van der Waals surface area (Å²) in [5.74, 6) is -2.18. The van der Waals surface area contributed by atoms with E-state index in [4.69, 9.17) is 16.9 Å². The number of carbonyl (C=O) groups excluding carboxylic acids is 2. The van der Waals surface area contributed by atoms with Gasteiger partial charge in [0.1, 0.15) is 12.3 Å². The van der Waals surface area contributed by atoms with Crippen LogP contribution in [0.15, 0.2) is 11.4 Å². The molecule has 0 spiro atoms. The van der Waals surface area contributed by atoms with Crippen LogP contribution in [0, 0.1) is 5.41 Å². The lowest BCUT2D eigenvalue weighted by molar-refractivity contribution is -0.173. The van der Waals surface area contributed by atoms with Gasteiger partial charge in [0, 0.05) is 6.54 Å². The molecule has 8 nitrogen and oxygen atoms in total. The minimum atomic E-state index is -4.46. The van der Waals surface area contributed by atoms with E-state index in [0.29, 0.717) is 0 Å². The van der Waals surface area contributed by atoms with E-state index in [9.17, 15) is 22.8 Å². The highest BCUT2D eigenvalue weighted by molar-refractivity contribution is 6.42. The summed E-state index contributed by atoms with van der Waals surface area (Å²) in [6.45, 7) is -2.07. The average Bonchev–Trinajstić information content (AvgIpc) is 2.38. The highest BCUT2D eigenvalue weighted by atomic mass is 19.4. The number of carbonyl (C=O) groups is 2. The lowest BCUT2D eigenvalue weighted by Crippen LogP contribution is -2.36. The van der Waals surface area contributed by atoms with Crippen LogP contribution >= 0.6 is 0 Å². The number of primary amides is 1. The van der Waals surface area contributed by atoms with Crippen molar-refractivity contribution in [2.75, 3.05) is 26.9 Å². The maximum Gasteiger partial charge on any atom is 0.411 e. The van der Waals surface area contributed by atoms with Gasteiger partial charge in [-0.05, 0) is 0 Å². The lowest BCUT2D eigenvalue weighted by Gasteiger charge is -2.12. The number of nitrogens with one attached hydrogen (secondary N) is 2. The first-order valence-electron chi connectivity index (χ1n) is 5.45. The maximum atomic E-state index is 11.8. The fourth-order valence-electron chi connectivity index (χ4n) is 1.09. The summed E-state index contributed by atoms with van der Waals surface area (Å²) in [7, 11) is 1.01. The molecule has 0 fully saturated rings. The van der Waals surface area contributed by atoms with Gasteiger partial charge in [0.15, 0.2) is 5.71 Å². The van der Waals surface area contributed by atoms with Crippen LogP contribution in [0.25, 0.3) is 0 Å². The van der Waals surface area contributed by atoms with Crippen molar-refractivity contribution in [2.24, 2.45) is 11.5 Å². The Morgan fingerprint density at radius 3 is 2.29 bits per heavy atom. The Labute approximate surface area is 117 Å². The molecule has 0 atom stereocenters. The highest BCUT2D eigenvalue weighted by Gasteiger charge is 2.27. The first-order valence-corrected chi connectivity index (χ1v) is 5.45. The Hall–Kier alpha value is -2.30. The van der Waals surface area contributed by atoms with Crippen molar-refractivity contribution in [3.8, 4) is 0 Å². The molecule has 0 aromatic rings. The van der Waals surface area contributed by atoms with Crippen LogP contribution in [0.5, 0.6) is 0 Å². The number of nitrogens with two attached hydrogens (primary N) is 2. The zero-order valence-electron chi connectivity index (χ0n) is 11.0. The molecule has 0 aromatic carbocycles. The van der Waals surface area contributed by atoms with Crippen molar-refractivity contribution < 1.29 is 32.2 Å². The van der Waals surface area contributed by atoms with Crippen molar-refractivity contribution in [3.63, 3.8) is 0 Å². The van der Waals surface area contributed by atoms with Crippen LogP contribution in [0.1, 0.15) is 0 Å². The summed E-state index contributed by atoms with van der Waals surface area (Å²) in [4.78, 5) is 22.2. The van der Waals surface area contributed by atoms with E-state index in [0.717, 1.165) is 7.11 Å². The molecule has 11 heteroatoms. The van der Waals surface area contributed by atoms with E-state index in [-0.39, 0.29) is 6.54 Å². The number of rotatable bonds is 8. The number of hydrogen-bond acceptors (Lipinski definition) is 7. The number of amides is 1. The zero-order chi connectivity index (χ0) is 16.6. The topological polar surface area (TPSA) is 141 Å². The van der Waals surface area contributed by atoms with Crippen LogP contribution in [-0.2, 0) is 19.1 Å². The number of hydrogen-bond donors (Lipinski definition) is 4. The second kappa shape index (κ2) is 8.09. The van der Waals surface area contributed by atoms with Crippen molar-refractivity contribution in [2.45, 2.75) is 6.18 Å². The Kier molecular flexibility index (Phi) is 7.21. The van der Waals surface area contributed by atoms with Crippen molar-refractivity contribution in [3.05, 3.63) is 11.4 Å². The molecule has 0 saturated carbocycles. The van der Waals surface area contributed by atoms with Gasteiger partial charge in [-0.25, -0.2) is 4.79 Å². The van der Waals surface area contributed by atoms with E-state index in [2.05, 4.69) is 14.8 Å². The molecule has 0 aliphatic heterocycles. The quantitative estimate of drug-likeness (QED) is 0.196. The van der Waals surface area contributed by atoms with Crippen LogP contribution in [0.4, 0.5) is 13.2 Å². The van der Waals surface area contributed by atoms with Gasteiger partial charge in [-0.1, -0.05) is 0 Å². The van der Waals surface area contributed by atoms with Crippen LogP contribution in [-0.4, -0.2) is 50.6 Å². The molecule has 0 saturated heterocycles. The van der Waals surface area contributed by atoms with Gasteiger partial charge in [-0.15, -0.1) is 0 Å². The molecular weight excluding hydrogens is 297 g/mol. The Morgan fingerprint density at radius 2 is 1.86 bits per heavy atom. The molecule has 21 heavy (non-hydrogen) atoms. The van der Waals surface area contributed by atoms with E-state index < -0.39 is 48.4 Å². The van der Waals surface area contributed by atoms with Gasteiger partial charge < -0.3 is 26.3 Å². The van der Waals surface area contributed by atoms with Gasteiger partial charge in [0.25, 0.3) is 5.91 Å². The summed E-state index contributed by atoms with van der Waals surface area (Å²) in [5.41, 5.74) is 8.51. The largest absolute Gasteiger partial charge is 0.464 e. The second-order valence-corrected chi connectivity index (χ2v) is 3.61. The lowest BCUT2D eigenvalue weighted by atomic mass is 10.2. The highest BCUT2D eigenvalue weighted by Crippen LogP contribution is 2.13. The van der Waals surface area contributed by atoms with Crippen molar-refractivity contribution in [1.29, 1.82) is 5.41 Å². The summed E-state index contributed by atoms with van der Waals surface area (Å²) in [6, 6.07) is 0. The summed E-state index contributed by atoms with van der Waals surface area (Å²) < 4.78 is 43.9. The van der Waals surface area contributed by atoms with Crippen molar-refractivity contribution in [1.82, 2.24) is 5.32 Å². The zero-order valence-corrected chi connectivity index (χ0v) is 11.0. The maximum absolute atomic E-state index is 11.8. The predicted octanol–water partition coefficient (Wildman–Crippen LogP) is -0.997. The van der Waals surface area contributed by atoms with E-state index in [1.807, 2.05) is 0 Å². The summed E-state index contributed by atoms with van der Waals surface area (Å²) >= 11 is 0. The molecule has 120 valence electrons. The molecule has 0 unspecified atom stereocenters. The van der Waals surface area contributed by atoms with Gasteiger partial charge in [0.05, 0.1) is 19.4 Å². The fraction of sp³-hybridized carbons (Fsp3) is 0.500. The molecule has 0 radical (unpaired) electrons. The molecule has 1 amide bonds. The molecule has 0 aliphatic rings. The third kappa shape index (κ3) is 7.15. The molecule has 0 aliphatic carbocycles. The average molecular weight is 312 g/mol. The molecule has 0 bridgehead atoms. The van der Waals surface area contributed by atoms with Crippen LogP contribution in [0.2, 0.25) is 0 Å². The van der Waals surface area contributed by atoms with Crippen LogP contribution < -0.4 is 16.8 Å². The summed E-state index contributed by atoms with van der Waals surface area (Å²) in [5, 5.41) is 9.64. The van der Waals surface area contributed by atoms with Gasteiger partial charge in [0.2, 0.25) is 0 Å². The second-order valence-electron chi connectivity index (χ2n) is 3.61.